The Balaban J connectivity index is 1.36. The van der Waals surface area contributed by atoms with Gasteiger partial charge in [0.25, 0.3) is 5.91 Å². The maximum atomic E-state index is 13.2. The van der Waals surface area contributed by atoms with Gasteiger partial charge in [-0.1, -0.05) is 42.5 Å². The van der Waals surface area contributed by atoms with E-state index in [1.165, 1.54) is 4.88 Å². The summed E-state index contributed by atoms with van der Waals surface area (Å²) in [7, 11) is 0. The van der Waals surface area contributed by atoms with Gasteiger partial charge in [0, 0.05) is 22.4 Å². The number of hydrogen-bond acceptors (Lipinski definition) is 4. The third kappa shape index (κ3) is 4.57. The molecular weight excluding hydrogens is 432 g/mol. The van der Waals surface area contributed by atoms with Crippen molar-refractivity contribution in [2.24, 2.45) is 0 Å². The SMILES string of the molecule is Cc1ccc2c(CC(=O)Nc3sc4c(c3C(=O)NCc3ccccc3)CCCC4)coc2c1. The van der Waals surface area contributed by atoms with Gasteiger partial charge < -0.3 is 15.1 Å². The highest BCUT2D eigenvalue weighted by atomic mass is 32.1. The summed E-state index contributed by atoms with van der Waals surface area (Å²) in [5, 5.41) is 7.68. The number of anilines is 1. The number of nitrogens with one attached hydrogen (secondary N) is 2. The Kier molecular flexibility index (Phi) is 6.01. The van der Waals surface area contributed by atoms with E-state index in [0.29, 0.717) is 17.1 Å². The largest absolute Gasteiger partial charge is 0.464 e. The highest BCUT2D eigenvalue weighted by molar-refractivity contribution is 7.17. The quantitative estimate of drug-likeness (QED) is 0.384. The zero-order valence-corrected chi connectivity index (χ0v) is 19.4. The van der Waals surface area contributed by atoms with E-state index in [1.807, 2.05) is 55.5 Å². The molecule has 2 amide bonds. The first-order valence-electron chi connectivity index (χ1n) is 11.3. The number of aryl methyl sites for hydroxylation is 2. The van der Waals surface area contributed by atoms with Crippen LogP contribution in [0.1, 0.15) is 50.3 Å². The summed E-state index contributed by atoms with van der Waals surface area (Å²) in [5.41, 5.74) is 5.51. The van der Waals surface area contributed by atoms with Gasteiger partial charge in [0.05, 0.1) is 18.2 Å². The van der Waals surface area contributed by atoms with Crippen LogP contribution in [0, 0.1) is 6.92 Å². The van der Waals surface area contributed by atoms with Crippen LogP contribution in [0.2, 0.25) is 0 Å². The van der Waals surface area contributed by atoms with Gasteiger partial charge in [-0.05, 0) is 55.4 Å². The Labute approximate surface area is 196 Å². The summed E-state index contributed by atoms with van der Waals surface area (Å²) in [6.07, 6.45) is 5.87. The van der Waals surface area contributed by atoms with Crippen LogP contribution in [0.3, 0.4) is 0 Å². The molecule has 0 saturated carbocycles. The molecule has 0 atom stereocenters. The topological polar surface area (TPSA) is 71.3 Å². The molecule has 0 aliphatic heterocycles. The number of thiophene rings is 1. The fourth-order valence-corrected chi connectivity index (χ4v) is 5.73. The molecule has 0 radical (unpaired) electrons. The lowest BCUT2D eigenvalue weighted by Crippen LogP contribution is -2.25. The molecule has 2 aromatic carbocycles. The molecule has 33 heavy (non-hydrogen) atoms. The van der Waals surface area contributed by atoms with Crippen molar-refractivity contribution in [1.82, 2.24) is 5.32 Å². The van der Waals surface area contributed by atoms with Crippen LogP contribution in [0.15, 0.2) is 59.2 Å². The minimum Gasteiger partial charge on any atom is -0.464 e. The summed E-state index contributed by atoms with van der Waals surface area (Å²) < 4.78 is 5.64. The second-order valence-corrected chi connectivity index (χ2v) is 9.67. The van der Waals surface area contributed by atoms with E-state index in [1.54, 1.807) is 17.6 Å². The fourth-order valence-electron chi connectivity index (χ4n) is 4.43. The van der Waals surface area contributed by atoms with Gasteiger partial charge in [-0.2, -0.15) is 0 Å². The maximum absolute atomic E-state index is 13.2. The molecule has 0 bridgehead atoms. The first kappa shape index (κ1) is 21.5. The number of hydrogen-bond donors (Lipinski definition) is 2. The van der Waals surface area contributed by atoms with Gasteiger partial charge in [0.2, 0.25) is 5.91 Å². The first-order valence-corrected chi connectivity index (χ1v) is 12.1. The Morgan fingerprint density at radius 3 is 2.73 bits per heavy atom. The average Bonchev–Trinajstić information content (AvgIpc) is 3.38. The van der Waals surface area contributed by atoms with Crippen LogP contribution in [-0.2, 0) is 30.6 Å². The Hall–Kier alpha value is -3.38. The molecule has 1 aliphatic rings. The third-order valence-electron chi connectivity index (χ3n) is 6.11. The molecule has 2 N–H and O–H groups in total. The molecule has 2 heterocycles. The molecule has 0 spiro atoms. The van der Waals surface area contributed by atoms with E-state index in [4.69, 9.17) is 4.42 Å². The van der Waals surface area contributed by atoms with Gasteiger partial charge in [-0.3, -0.25) is 9.59 Å². The molecule has 4 aromatic rings. The summed E-state index contributed by atoms with van der Waals surface area (Å²) in [6.45, 7) is 2.47. The predicted molar refractivity (Wildman–Crippen MR) is 132 cm³/mol. The summed E-state index contributed by atoms with van der Waals surface area (Å²) in [6, 6.07) is 15.8. The van der Waals surface area contributed by atoms with E-state index >= 15 is 0 Å². The molecule has 6 heteroatoms. The van der Waals surface area contributed by atoms with Crippen molar-refractivity contribution in [3.63, 3.8) is 0 Å². The number of carbonyl (C=O) groups is 2. The van der Waals surface area contributed by atoms with Crippen molar-refractivity contribution >= 4 is 39.1 Å². The van der Waals surface area contributed by atoms with Gasteiger partial charge in [0.15, 0.2) is 0 Å². The monoisotopic (exact) mass is 458 g/mol. The van der Waals surface area contributed by atoms with Gasteiger partial charge >= 0.3 is 0 Å². The Bertz CT molecular complexity index is 1320. The minimum absolute atomic E-state index is 0.127. The summed E-state index contributed by atoms with van der Waals surface area (Å²) >= 11 is 1.54. The normalized spacial score (nSPS) is 13.0. The summed E-state index contributed by atoms with van der Waals surface area (Å²) in [5.74, 6) is -0.272. The predicted octanol–water partition coefficient (Wildman–Crippen LogP) is 5.79. The third-order valence-corrected chi connectivity index (χ3v) is 7.32. The van der Waals surface area contributed by atoms with E-state index in [0.717, 1.165) is 58.9 Å². The first-order chi connectivity index (χ1) is 16.1. The lowest BCUT2D eigenvalue weighted by atomic mass is 9.95. The molecular formula is C27H26N2O3S. The van der Waals surface area contributed by atoms with Crippen molar-refractivity contribution in [3.8, 4) is 0 Å². The molecule has 2 aromatic heterocycles. The number of rotatable bonds is 6. The molecule has 168 valence electrons. The second-order valence-electron chi connectivity index (χ2n) is 8.57. The highest BCUT2D eigenvalue weighted by Gasteiger charge is 2.26. The fraction of sp³-hybridized carbons (Fsp3) is 0.259. The average molecular weight is 459 g/mol. The molecule has 0 unspecified atom stereocenters. The van der Waals surface area contributed by atoms with Gasteiger partial charge in [0.1, 0.15) is 10.6 Å². The Morgan fingerprint density at radius 1 is 1.06 bits per heavy atom. The van der Waals surface area contributed by atoms with Crippen LogP contribution < -0.4 is 10.6 Å². The molecule has 5 rings (SSSR count). The highest BCUT2D eigenvalue weighted by Crippen LogP contribution is 2.38. The maximum Gasteiger partial charge on any atom is 0.254 e. The van der Waals surface area contributed by atoms with Crippen molar-refractivity contribution in [1.29, 1.82) is 0 Å². The van der Waals surface area contributed by atoms with Crippen molar-refractivity contribution < 1.29 is 14.0 Å². The van der Waals surface area contributed by atoms with E-state index in [2.05, 4.69) is 10.6 Å². The lowest BCUT2D eigenvalue weighted by Gasteiger charge is -2.13. The van der Waals surface area contributed by atoms with E-state index in [9.17, 15) is 9.59 Å². The zero-order chi connectivity index (χ0) is 22.8. The number of furan rings is 1. The van der Waals surface area contributed by atoms with Crippen LogP contribution in [0.25, 0.3) is 11.0 Å². The number of benzene rings is 2. The van der Waals surface area contributed by atoms with Gasteiger partial charge in [-0.25, -0.2) is 0 Å². The van der Waals surface area contributed by atoms with E-state index in [-0.39, 0.29) is 18.2 Å². The zero-order valence-electron chi connectivity index (χ0n) is 18.6. The van der Waals surface area contributed by atoms with Crippen LogP contribution in [-0.4, -0.2) is 11.8 Å². The van der Waals surface area contributed by atoms with Crippen LogP contribution >= 0.6 is 11.3 Å². The molecule has 0 fully saturated rings. The standard InChI is InChI=1S/C27H26N2O3S/c1-17-11-12-20-19(16-32-22(20)13-17)14-24(30)29-27-25(21-9-5-6-10-23(21)33-27)26(31)28-15-18-7-3-2-4-8-18/h2-4,7-8,11-13,16H,5-6,9-10,14-15H2,1H3,(H,28,31)(H,29,30). The number of amides is 2. The van der Waals surface area contributed by atoms with Crippen molar-refractivity contribution in [2.75, 3.05) is 5.32 Å². The second kappa shape index (κ2) is 9.24. The minimum atomic E-state index is -0.144. The molecule has 5 nitrogen and oxygen atoms in total. The van der Waals surface area contributed by atoms with Crippen molar-refractivity contribution in [3.05, 3.63) is 87.5 Å². The Morgan fingerprint density at radius 2 is 1.88 bits per heavy atom. The molecule has 1 aliphatic carbocycles. The lowest BCUT2D eigenvalue weighted by molar-refractivity contribution is -0.115. The summed E-state index contributed by atoms with van der Waals surface area (Å²) in [4.78, 5) is 27.4. The number of carbonyl (C=O) groups excluding carboxylic acids is 2. The van der Waals surface area contributed by atoms with E-state index < -0.39 is 0 Å². The number of fused-ring (bicyclic) bond motifs is 2. The van der Waals surface area contributed by atoms with Crippen molar-refractivity contribution in [2.45, 2.75) is 45.6 Å². The molecule has 0 saturated heterocycles. The van der Waals surface area contributed by atoms with Crippen LogP contribution in [0.5, 0.6) is 0 Å². The van der Waals surface area contributed by atoms with Crippen LogP contribution in [0.4, 0.5) is 5.00 Å². The van der Waals surface area contributed by atoms with Gasteiger partial charge in [-0.15, -0.1) is 11.3 Å². The smallest absolute Gasteiger partial charge is 0.254 e.